The first-order valence-corrected chi connectivity index (χ1v) is 10.7. The van der Waals surface area contributed by atoms with Gasteiger partial charge in [0.05, 0.1) is 18.4 Å². The number of aromatic carboxylic acids is 1. The van der Waals surface area contributed by atoms with Crippen LogP contribution < -0.4 is 10.2 Å². The Bertz CT molecular complexity index is 1100. The molecule has 2 unspecified atom stereocenters. The Hall–Kier alpha value is -2.60. The molecule has 0 aliphatic carbocycles. The second-order valence-electron chi connectivity index (χ2n) is 9.63. The molecule has 0 bridgehead atoms. The van der Waals surface area contributed by atoms with Crippen LogP contribution in [-0.2, 0) is 17.6 Å². The van der Waals surface area contributed by atoms with Crippen molar-refractivity contribution in [2.24, 2.45) is 5.41 Å². The Morgan fingerprint density at radius 3 is 2.67 bits per heavy atom. The number of ether oxygens (including phenoxy) is 2. The van der Waals surface area contributed by atoms with Crippen molar-refractivity contribution in [1.29, 1.82) is 0 Å². The summed E-state index contributed by atoms with van der Waals surface area (Å²) in [5.41, 5.74) is 4.58. The van der Waals surface area contributed by atoms with Crippen LogP contribution in [0.25, 0.3) is 11.3 Å². The molecule has 1 saturated heterocycles. The monoisotopic (exact) mass is 409 g/mol. The van der Waals surface area contributed by atoms with Crippen molar-refractivity contribution in [3.05, 3.63) is 50.8 Å². The summed E-state index contributed by atoms with van der Waals surface area (Å²) in [6, 6.07) is 3.67. The van der Waals surface area contributed by atoms with E-state index >= 15 is 0 Å². The van der Waals surface area contributed by atoms with Gasteiger partial charge in [-0.3, -0.25) is 4.79 Å². The SMILES string of the molecule is CC(C)(C)C1Cc2c(cc(C3CCCO3)c3c2CCO3)-c2cc(=O)c(C(=O)O)cn21. The van der Waals surface area contributed by atoms with Gasteiger partial charge in [0.15, 0.2) is 5.43 Å². The molecular formula is C24H27NO5. The predicted octanol–water partition coefficient (Wildman–Crippen LogP) is 4.14. The number of benzene rings is 1. The third-order valence-electron chi connectivity index (χ3n) is 6.72. The van der Waals surface area contributed by atoms with Gasteiger partial charge in [0.1, 0.15) is 11.3 Å². The Labute approximate surface area is 175 Å². The second-order valence-corrected chi connectivity index (χ2v) is 9.63. The number of nitrogens with zero attached hydrogens (tertiary/aromatic N) is 1. The highest BCUT2D eigenvalue weighted by Crippen LogP contribution is 2.49. The summed E-state index contributed by atoms with van der Waals surface area (Å²) in [6.07, 6.45) is 5.18. The van der Waals surface area contributed by atoms with Crippen molar-refractivity contribution >= 4 is 5.97 Å². The van der Waals surface area contributed by atoms with E-state index in [4.69, 9.17) is 9.47 Å². The number of carboxylic acids is 1. The Morgan fingerprint density at radius 1 is 1.20 bits per heavy atom. The van der Waals surface area contributed by atoms with E-state index in [2.05, 4.69) is 26.8 Å². The van der Waals surface area contributed by atoms with Gasteiger partial charge >= 0.3 is 5.97 Å². The standard InChI is InChI=1S/C24H27NO5/c1-24(2,3)21-10-14-13-6-8-30-22(13)16(20-5-4-7-29-20)9-15(14)18-11-19(26)17(23(27)28)12-25(18)21/h9,11-12,20-21H,4-8,10H2,1-3H3,(H,27,28). The number of hydrogen-bond donors (Lipinski definition) is 1. The number of pyridine rings is 1. The minimum absolute atomic E-state index is 0.0148. The van der Waals surface area contributed by atoms with Crippen molar-refractivity contribution in [3.8, 4) is 17.0 Å². The molecule has 1 aromatic heterocycles. The average Bonchev–Trinajstić information content (AvgIpc) is 3.37. The highest BCUT2D eigenvalue weighted by molar-refractivity contribution is 5.88. The molecule has 0 spiro atoms. The maximum Gasteiger partial charge on any atom is 0.341 e. The lowest BCUT2D eigenvalue weighted by Crippen LogP contribution is -2.33. The zero-order chi connectivity index (χ0) is 21.2. The maximum absolute atomic E-state index is 12.6. The van der Waals surface area contributed by atoms with Gasteiger partial charge in [0.2, 0.25) is 0 Å². The van der Waals surface area contributed by atoms with Crippen molar-refractivity contribution in [3.63, 3.8) is 0 Å². The lowest BCUT2D eigenvalue weighted by Gasteiger charge is -2.40. The molecule has 3 aliphatic rings. The molecule has 1 aromatic carbocycles. The number of carbonyl (C=O) groups is 1. The van der Waals surface area contributed by atoms with Gasteiger partial charge in [-0.25, -0.2) is 4.79 Å². The molecule has 0 saturated carbocycles. The first-order chi connectivity index (χ1) is 14.3. The van der Waals surface area contributed by atoms with Gasteiger partial charge in [-0.05, 0) is 36.3 Å². The van der Waals surface area contributed by atoms with Crippen LogP contribution in [0.5, 0.6) is 5.75 Å². The lowest BCUT2D eigenvalue weighted by atomic mass is 9.76. The summed E-state index contributed by atoms with van der Waals surface area (Å²) >= 11 is 0. The Balaban J connectivity index is 1.79. The highest BCUT2D eigenvalue weighted by atomic mass is 16.5. The minimum atomic E-state index is -1.18. The summed E-state index contributed by atoms with van der Waals surface area (Å²) in [7, 11) is 0. The normalized spacial score (nSPS) is 22.2. The summed E-state index contributed by atoms with van der Waals surface area (Å²) in [6.45, 7) is 7.88. The van der Waals surface area contributed by atoms with E-state index in [1.54, 1.807) is 0 Å². The van der Waals surface area contributed by atoms with E-state index in [0.29, 0.717) is 6.61 Å². The molecule has 6 heteroatoms. The number of carboxylic acid groups (broad SMARTS) is 1. The maximum atomic E-state index is 12.6. The fourth-order valence-electron chi connectivity index (χ4n) is 5.19. The molecule has 30 heavy (non-hydrogen) atoms. The van der Waals surface area contributed by atoms with E-state index in [9.17, 15) is 14.7 Å². The van der Waals surface area contributed by atoms with Crippen LogP contribution in [0.1, 0.15) is 72.8 Å². The smallest absolute Gasteiger partial charge is 0.341 e. The van der Waals surface area contributed by atoms with Crippen molar-refractivity contribution < 1.29 is 19.4 Å². The van der Waals surface area contributed by atoms with Crippen LogP contribution in [0.4, 0.5) is 0 Å². The van der Waals surface area contributed by atoms with Gasteiger partial charge < -0.3 is 19.1 Å². The highest BCUT2D eigenvalue weighted by Gasteiger charge is 2.38. The molecule has 5 rings (SSSR count). The summed E-state index contributed by atoms with van der Waals surface area (Å²) in [4.78, 5) is 24.3. The zero-order valence-corrected chi connectivity index (χ0v) is 17.7. The van der Waals surface area contributed by atoms with E-state index in [1.165, 1.54) is 23.4 Å². The van der Waals surface area contributed by atoms with Crippen molar-refractivity contribution in [2.45, 2.75) is 58.6 Å². The first kappa shape index (κ1) is 19.4. The van der Waals surface area contributed by atoms with Crippen LogP contribution in [-0.4, -0.2) is 28.9 Å². The van der Waals surface area contributed by atoms with Crippen LogP contribution in [0.2, 0.25) is 0 Å². The molecule has 1 fully saturated rings. The lowest BCUT2D eigenvalue weighted by molar-refractivity contribution is 0.0693. The molecular weight excluding hydrogens is 382 g/mol. The van der Waals surface area contributed by atoms with Gasteiger partial charge in [-0.15, -0.1) is 0 Å². The minimum Gasteiger partial charge on any atom is -0.493 e. The zero-order valence-electron chi connectivity index (χ0n) is 17.7. The average molecular weight is 409 g/mol. The summed E-state index contributed by atoms with van der Waals surface area (Å²) < 4.78 is 14.0. The third-order valence-corrected chi connectivity index (χ3v) is 6.72. The topological polar surface area (TPSA) is 77.8 Å². The van der Waals surface area contributed by atoms with Gasteiger partial charge in [-0.2, -0.15) is 0 Å². The first-order valence-electron chi connectivity index (χ1n) is 10.7. The Morgan fingerprint density at radius 2 is 2.00 bits per heavy atom. The number of fused-ring (bicyclic) bond motifs is 5. The van der Waals surface area contributed by atoms with E-state index in [-0.39, 0.29) is 23.1 Å². The van der Waals surface area contributed by atoms with Crippen molar-refractivity contribution in [1.82, 2.24) is 4.57 Å². The molecule has 158 valence electrons. The number of aromatic nitrogens is 1. The third kappa shape index (κ3) is 2.88. The van der Waals surface area contributed by atoms with Crippen LogP contribution >= 0.6 is 0 Å². The number of rotatable bonds is 2. The van der Waals surface area contributed by atoms with Crippen LogP contribution in [0.15, 0.2) is 23.1 Å². The Kier molecular flexibility index (Phi) is 4.33. The predicted molar refractivity (Wildman–Crippen MR) is 112 cm³/mol. The van der Waals surface area contributed by atoms with E-state index in [1.807, 2.05) is 4.57 Å². The van der Waals surface area contributed by atoms with E-state index < -0.39 is 11.4 Å². The largest absolute Gasteiger partial charge is 0.493 e. The molecule has 2 aromatic rings. The van der Waals surface area contributed by atoms with Crippen molar-refractivity contribution in [2.75, 3.05) is 13.2 Å². The van der Waals surface area contributed by atoms with Crippen LogP contribution in [0.3, 0.4) is 0 Å². The quantitative estimate of drug-likeness (QED) is 0.806. The molecule has 3 aliphatic heterocycles. The van der Waals surface area contributed by atoms with Gasteiger partial charge in [0.25, 0.3) is 0 Å². The molecule has 2 atom stereocenters. The molecule has 1 N–H and O–H groups in total. The van der Waals surface area contributed by atoms with Crippen LogP contribution in [0, 0.1) is 5.41 Å². The summed E-state index contributed by atoms with van der Waals surface area (Å²) in [5, 5.41) is 9.52. The summed E-state index contributed by atoms with van der Waals surface area (Å²) in [5.74, 6) is -0.220. The number of hydrogen-bond acceptors (Lipinski definition) is 4. The van der Waals surface area contributed by atoms with Gasteiger partial charge in [0, 0.05) is 48.0 Å². The second kappa shape index (κ2) is 6.71. The fourth-order valence-corrected chi connectivity index (χ4v) is 5.19. The fraction of sp³-hybridized carbons (Fsp3) is 0.500. The van der Waals surface area contributed by atoms with E-state index in [0.717, 1.165) is 54.9 Å². The molecule has 0 radical (unpaired) electrons. The van der Waals surface area contributed by atoms with Gasteiger partial charge in [-0.1, -0.05) is 20.8 Å². The molecule has 0 amide bonds. The molecule has 4 heterocycles. The molecule has 6 nitrogen and oxygen atoms in total.